The third kappa shape index (κ3) is 3.62. The van der Waals surface area contributed by atoms with Crippen molar-refractivity contribution in [2.75, 3.05) is 11.4 Å². The Morgan fingerprint density at radius 1 is 1.00 bits per heavy atom. The molecule has 0 aromatic heterocycles. The Morgan fingerprint density at radius 3 is 2.19 bits per heavy atom. The molecule has 0 N–H and O–H groups in total. The van der Waals surface area contributed by atoms with Gasteiger partial charge in [-0.3, -0.25) is 0 Å². The minimum Gasteiger partial charge on any atom is -0.359 e. The third-order valence-electron chi connectivity index (χ3n) is 4.10. The van der Waals surface area contributed by atoms with Crippen molar-refractivity contribution < 1.29 is 20.5 Å². The van der Waals surface area contributed by atoms with Crippen molar-refractivity contribution in [2.24, 2.45) is 0 Å². The van der Waals surface area contributed by atoms with Gasteiger partial charge in [0.05, 0.1) is 20.9 Å². The van der Waals surface area contributed by atoms with Gasteiger partial charge >= 0.3 is 20.2 Å². The number of hydrogen-bond acceptors (Lipinski definition) is 7. The molecule has 1 atom stereocenters. The number of thioether (sulfide) groups is 1. The van der Waals surface area contributed by atoms with Gasteiger partial charge in [-0.25, -0.2) is 0 Å². The predicted molar refractivity (Wildman–Crippen MR) is 101 cm³/mol. The largest absolute Gasteiger partial charge is 0.359 e. The van der Waals surface area contributed by atoms with Crippen LogP contribution in [0.3, 0.4) is 0 Å². The zero-order valence-electron chi connectivity index (χ0n) is 14.5. The van der Waals surface area contributed by atoms with Gasteiger partial charge in [0.1, 0.15) is 0 Å². The SMILES string of the molecule is CCN1c2ccc(S(=O)(=O)OS(=O)(=O)c3ccc(C)cc3)cc2SC1C. The molecule has 0 spiro atoms. The van der Waals surface area contributed by atoms with E-state index in [0.717, 1.165) is 22.7 Å². The van der Waals surface area contributed by atoms with E-state index in [4.69, 9.17) is 0 Å². The van der Waals surface area contributed by atoms with Gasteiger partial charge in [-0.1, -0.05) is 29.5 Å². The summed E-state index contributed by atoms with van der Waals surface area (Å²) < 4.78 is 54.2. The van der Waals surface area contributed by atoms with Crippen LogP contribution in [0.2, 0.25) is 0 Å². The molecule has 3 rings (SSSR count). The van der Waals surface area contributed by atoms with Crippen molar-refractivity contribution in [3.8, 4) is 0 Å². The van der Waals surface area contributed by atoms with E-state index in [-0.39, 0.29) is 15.2 Å². The Kier molecular flexibility index (Phi) is 5.08. The summed E-state index contributed by atoms with van der Waals surface area (Å²) in [5, 5.41) is 0.185. The van der Waals surface area contributed by atoms with Gasteiger partial charge in [0.15, 0.2) is 0 Å². The van der Waals surface area contributed by atoms with E-state index in [9.17, 15) is 16.8 Å². The molecule has 1 aliphatic rings. The van der Waals surface area contributed by atoms with Gasteiger partial charge in [-0.05, 0) is 51.1 Å². The van der Waals surface area contributed by atoms with E-state index in [1.807, 2.05) is 13.8 Å². The van der Waals surface area contributed by atoms with E-state index >= 15 is 0 Å². The average molecular weight is 414 g/mol. The highest BCUT2D eigenvalue weighted by Gasteiger charge is 2.30. The van der Waals surface area contributed by atoms with Gasteiger partial charge in [0.25, 0.3) is 0 Å². The molecule has 0 saturated heterocycles. The summed E-state index contributed by atoms with van der Waals surface area (Å²) in [4.78, 5) is 2.55. The molecule has 9 heteroatoms. The van der Waals surface area contributed by atoms with E-state index in [1.54, 1.807) is 25.1 Å². The first-order valence-corrected chi connectivity index (χ1v) is 11.7. The topological polar surface area (TPSA) is 80.8 Å². The molecule has 0 aliphatic carbocycles. The molecule has 0 saturated carbocycles. The molecule has 140 valence electrons. The number of rotatable bonds is 5. The number of benzene rings is 2. The first-order valence-electron chi connectivity index (χ1n) is 7.99. The summed E-state index contributed by atoms with van der Waals surface area (Å²) in [5.41, 5.74) is 1.79. The Balaban J connectivity index is 1.92. The van der Waals surface area contributed by atoms with Gasteiger partial charge in [0.2, 0.25) is 0 Å². The minimum atomic E-state index is -4.46. The molecule has 0 radical (unpaired) electrons. The van der Waals surface area contributed by atoms with Gasteiger partial charge < -0.3 is 4.90 Å². The van der Waals surface area contributed by atoms with Crippen LogP contribution in [-0.4, -0.2) is 28.8 Å². The number of aryl methyl sites for hydroxylation is 1. The van der Waals surface area contributed by atoms with Crippen molar-refractivity contribution in [3.63, 3.8) is 0 Å². The highest BCUT2D eigenvalue weighted by Crippen LogP contribution is 2.44. The maximum absolute atomic E-state index is 12.5. The van der Waals surface area contributed by atoms with Crippen LogP contribution in [-0.2, 0) is 23.9 Å². The van der Waals surface area contributed by atoms with E-state index in [2.05, 4.69) is 8.53 Å². The standard InChI is InChI=1S/C17H19NO5S3/c1-4-18-13(3)24-17-11-15(9-10-16(17)18)26(21,22)23-25(19,20)14-7-5-12(2)6-8-14/h5-11,13H,4H2,1-3H3. The highest BCUT2D eigenvalue weighted by atomic mass is 32.3. The summed E-state index contributed by atoms with van der Waals surface area (Å²) in [6, 6.07) is 10.3. The third-order valence-corrected chi connectivity index (χ3v) is 8.39. The van der Waals surface area contributed by atoms with Crippen LogP contribution >= 0.6 is 11.8 Å². The van der Waals surface area contributed by atoms with Gasteiger partial charge in [0, 0.05) is 11.4 Å². The van der Waals surface area contributed by atoms with E-state index in [1.165, 1.54) is 36.0 Å². The number of hydrogen-bond donors (Lipinski definition) is 0. The summed E-state index contributed by atoms with van der Waals surface area (Å²) in [7, 11) is -8.89. The Bertz CT molecular complexity index is 1030. The van der Waals surface area contributed by atoms with Crippen molar-refractivity contribution in [1.29, 1.82) is 0 Å². The maximum Gasteiger partial charge on any atom is 0.311 e. The van der Waals surface area contributed by atoms with Crippen molar-refractivity contribution in [1.82, 2.24) is 0 Å². The molecular formula is C17H19NO5S3. The predicted octanol–water partition coefficient (Wildman–Crippen LogP) is 3.37. The Morgan fingerprint density at radius 2 is 1.58 bits per heavy atom. The van der Waals surface area contributed by atoms with Crippen molar-refractivity contribution in [3.05, 3.63) is 48.0 Å². The molecular weight excluding hydrogens is 394 g/mol. The quantitative estimate of drug-likeness (QED) is 0.743. The number of fused-ring (bicyclic) bond motifs is 1. The lowest BCUT2D eigenvalue weighted by Crippen LogP contribution is -2.25. The first-order chi connectivity index (χ1) is 12.1. The molecule has 0 amide bonds. The van der Waals surface area contributed by atoms with Crippen molar-refractivity contribution >= 4 is 37.7 Å². The van der Waals surface area contributed by atoms with Crippen LogP contribution in [0.4, 0.5) is 5.69 Å². The van der Waals surface area contributed by atoms with Crippen LogP contribution < -0.4 is 4.90 Å². The molecule has 2 aromatic carbocycles. The van der Waals surface area contributed by atoms with Gasteiger partial charge in [-0.15, -0.1) is 3.63 Å². The van der Waals surface area contributed by atoms with E-state index < -0.39 is 20.2 Å². The Hall–Kier alpha value is -1.55. The monoisotopic (exact) mass is 413 g/mol. The summed E-state index contributed by atoms with van der Waals surface area (Å²) in [5.74, 6) is 0. The van der Waals surface area contributed by atoms with Crippen LogP contribution in [0.5, 0.6) is 0 Å². The molecule has 1 aliphatic heterocycles. The summed E-state index contributed by atoms with van der Waals surface area (Å²) in [6.07, 6.45) is 0. The number of nitrogens with zero attached hydrogens (tertiary/aromatic N) is 1. The van der Waals surface area contributed by atoms with Crippen molar-refractivity contribution in [2.45, 2.75) is 40.8 Å². The van der Waals surface area contributed by atoms with Crippen LogP contribution in [0.25, 0.3) is 0 Å². The average Bonchev–Trinajstić information content (AvgIpc) is 2.88. The second-order valence-electron chi connectivity index (χ2n) is 5.92. The zero-order valence-corrected chi connectivity index (χ0v) is 17.0. The fourth-order valence-corrected chi connectivity index (χ4v) is 6.63. The van der Waals surface area contributed by atoms with Crippen LogP contribution in [0.15, 0.2) is 57.2 Å². The zero-order chi connectivity index (χ0) is 19.1. The summed E-state index contributed by atoms with van der Waals surface area (Å²) in [6.45, 7) is 6.65. The minimum absolute atomic E-state index is 0.176. The fourth-order valence-electron chi connectivity index (χ4n) is 2.75. The summed E-state index contributed by atoms with van der Waals surface area (Å²) >= 11 is 1.53. The molecule has 26 heavy (non-hydrogen) atoms. The van der Waals surface area contributed by atoms with Crippen LogP contribution in [0, 0.1) is 6.92 Å². The molecule has 1 unspecified atom stereocenters. The molecule has 2 aromatic rings. The number of anilines is 1. The van der Waals surface area contributed by atoms with Crippen LogP contribution in [0.1, 0.15) is 19.4 Å². The molecule has 0 bridgehead atoms. The van der Waals surface area contributed by atoms with E-state index in [0.29, 0.717) is 0 Å². The Labute approximate surface area is 158 Å². The lowest BCUT2D eigenvalue weighted by molar-refractivity contribution is 0.461. The smallest absolute Gasteiger partial charge is 0.311 e. The maximum atomic E-state index is 12.5. The lowest BCUT2D eigenvalue weighted by Gasteiger charge is -2.21. The second-order valence-corrected chi connectivity index (χ2v) is 10.6. The molecule has 6 nitrogen and oxygen atoms in total. The molecule has 1 heterocycles. The molecule has 0 fully saturated rings. The highest BCUT2D eigenvalue weighted by molar-refractivity contribution is 8.01. The van der Waals surface area contributed by atoms with Gasteiger partial charge in [-0.2, -0.15) is 16.8 Å². The second kappa shape index (κ2) is 6.88. The normalized spacial score (nSPS) is 17.3. The lowest BCUT2D eigenvalue weighted by atomic mass is 10.2. The fraction of sp³-hybridized carbons (Fsp3) is 0.294. The first kappa shape index (κ1) is 19.2.